The average molecular weight is 444 g/mol. The molecule has 1 aliphatic heterocycles. The van der Waals surface area contributed by atoms with Crippen LogP contribution in [0.2, 0.25) is 0 Å². The molecule has 0 N–H and O–H groups in total. The Bertz CT molecular complexity index is 1180. The van der Waals surface area contributed by atoms with Crippen molar-refractivity contribution in [3.8, 4) is 0 Å². The van der Waals surface area contributed by atoms with E-state index in [-0.39, 0.29) is 0 Å². The fourth-order valence-corrected chi connectivity index (χ4v) is 5.06. The number of anilines is 1. The molecule has 3 aromatic rings. The van der Waals surface area contributed by atoms with Crippen molar-refractivity contribution >= 4 is 34.4 Å². The van der Waals surface area contributed by atoms with Gasteiger partial charge in [0.2, 0.25) is 5.52 Å². The van der Waals surface area contributed by atoms with E-state index in [4.69, 9.17) is 0 Å². The minimum Gasteiger partial charge on any atom is -0.338 e. The van der Waals surface area contributed by atoms with Crippen LogP contribution in [-0.4, -0.2) is 39.2 Å². The van der Waals surface area contributed by atoms with Crippen LogP contribution in [-0.2, 0) is 6.54 Å². The van der Waals surface area contributed by atoms with E-state index in [1.807, 2.05) is 11.8 Å². The van der Waals surface area contributed by atoms with Gasteiger partial charge in [-0.05, 0) is 29.8 Å². The topological polar surface area (TPSA) is 7.12 Å². The van der Waals surface area contributed by atoms with E-state index in [0.29, 0.717) is 0 Å². The quantitative estimate of drug-likeness (QED) is 0.256. The third-order valence-electron chi connectivity index (χ3n) is 5.69. The second-order valence-electron chi connectivity index (χ2n) is 9.23. The molecule has 0 radical (unpaired) electrons. The number of rotatable bonds is 7. The molecule has 0 fully saturated rings. The lowest BCUT2D eigenvalue weighted by molar-refractivity contribution is -0.873. The Morgan fingerprint density at radius 1 is 0.938 bits per heavy atom. The Morgan fingerprint density at radius 2 is 1.72 bits per heavy atom. The molecule has 164 valence electrons. The van der Waals surface area contributed by atoms with Crippen LogP contribution in [0.4, 0.5) is 5.69 Å². The predicted octanol–water partition coefficient (Wildman–Crippen LogP) is 5.88. The van der Waals surface area contributed by atoms with Gasteiger partial charge in [-0.25, -0.2) is 0 Å². The molecule has 1 aromatic heterocycles. The third kappa shape index (κ3) is 5.32. The van der Waals surface area contributed by atoms with Crippen molar-refractivity contribution in [3.63, 3.8) is 0 Å². The first-order valence-corrected chi connectivity index (χ1v) is 12.0. The molecular formula is C28H33N3S+2. The monoisotopic (exact) mass is 443 g/mol. The maximum absolute atomic E-state index is 2.38. The summed E-state index contributed by atoms with van der Waals surface area (Å²) in [5.74, 6) is 0. The predicted molar refractivity (Wildman–Crippen MR) is 139 cm³/mol. The lowest BCUT2D eigenvalue weighted by Gasteiger charge is -2.22. The van der Waals surface area contributed by atoms with Crippen LogP contribution in [0, 0.1) is 0 Å². The standard InChI is InChI=1S/C28H33N3S/c1-29-26-16-10-11-17-27(26)32-28(29)18-7-5-6-13-23-19-21-30(20-12-22-31(2,3)4)25-15-9-8-14-24(23)25/h5-11,13-19,21H,12,20,22H2,1-4H3/q+2. The van der Waals surface area contributed by atoms with Crippen LogP contribution in [0.5, 0.6) is 0 Å². The highest BCUT2D eigenvalue weighted by atomic mass is 32.2. The summed E-state index contributed by atoms with van der Waals surface area (Å²) in [4.78, 5) is 3.56. The van der Waals surface area contributed by atoms with Gasteiger partial charge in [-0.2, -0.15) is 4.57 Å². The summed E-state index contributed by atoms with van der Waals surface area (Å²) < 4.78 is 3.38. The lowest BCUT2D eigenvalue weighted by Crippen LogP contribution is -2.40. The van der Waals surface area contributed by atoms with Gasteiger partial charge in [0.25, 0.3) is 0 Å². The Balaban J connectivity index is 1.46. The highest BCUT2D eigenvalue weighted by molar-refractivity contribution is 8.03. The fraction of sp³-hybridized carbons (Fsp3) is 0.250. The Labute approximate surface area is 196 Å². The number of fused-ring (bicyclic) bond motifs is 2. The highest BCUT2D eigenvalue weighted by Gasteiger charge is 2.20. The van der Waals surface area contributed by atoms with Gasteiger partial charge < -0.3 is 9.38 Å². The second-order valence-corrected chi connectivity index (χ2v) is 10.3. The molecule has 0 spiro atoms. The first-order chi connectivity index (χ1) is 15.4. The molecule has 0 aliphatic carbocycles. The number of hydrogen-bond acceptors (Lipinski definition) is 2. The number of thioether (sulfide) groups is 1. The molecule has 0 unspecified atom stereocenters. The molecule has 2 aromatic carbocycles. The zero-order valence-corrected chi connectivity index (χ0v) is 20.3. The van der Waals surface area contributed by atoms with Crippen molar-refractivity contribution < 1.29 is 9.05 Å². The van der Waals surface area contributed by atoms with Crippen molar-refractivity contribution in [2.24, 2.45) is 0 Å². The van der Waals surface area contributed by atoms with E-state index in [9.17, 15) is 0 Å². The number of para-hydroxylation sites is 2. The molecular weight excluding hydrogens is 410 g/mol. The molecule has 0 amide bonds. The van der Waals surface area contributed by atoms with Crippen LogP contribution < -0.4 is 9.47 Å². The summed E-state index contributed by atoms with van der Waals surface area (Å²) >= 11 is 1.82. The SMILES string of the molecule is CN1/C(=C/C=C/C=C/c2cc[n+](CCC[N+](C)(C)C)c3ccccc23)Sc2ccccc21. The van der Waals surface area contributed by atoms with Crippen LogP contribution in [0.25, 0.3) is 17.0 Å². The summed E-state index contributed by atoms with van der Waals surface area (Å²) in [6, 6.07) is 19.5. The molecule has 3 nitrogen and oxygen atoms in total. The largest absolute Gasteiger partial charge is 0.338 e. The van der Waals surface area contributed by atoms with E-state index in [1.54, 1.807) is 0 Å². The Hall–Kier alpha value is -2.82. The first-order valence-electron chi connectivity index (χ1n) is 11.2. The second kappa shape index (κ2) is 9.76. The summed E-state index contributed by atoms with van der Waals surface area (Å²) in [6.45, 7) is 2.21. The third-order valence-corrected chi connectivity index (χ3v) is 6.88. The highest BCUT2D eigenvalue weighted by Crippen LogP contribution is 2.44. The lowest BCUT2D eigenvalue weighted by atomic mass is 10.1. The molecule has 0 bridgehead atoms. The number of pyridine rings is 1. The van der Waals surface area contributed by atoms with E-state index < -0.39 is 0 Å². The molecule has 32 heavy (non-hydrogen) atoms. The Kier molecular flexibility index (Phi) is 6.83. The summed E-state index contributed by atoms with van der Waals surface area (Å²) in [6.07, 6.45) is 14.1. The van der Waals surface area contributed by atoms with E-state index in [2.05, 4.69) is 129 Å². The van der Waals surface area contributed by atoms with Crippen molar-refractivity contribution in [1.29, 1.82) is 0 Å². The zero-order chi connectivity index (χ0) is 22.6. The average Bonchev–Trinajstić information content (AvgIpc) is 3.09. The molecule has 2 heterocycles. The number of aromatic nitrogens is 1. The van der Waals surface area contributed by atoms with Crippen LogP contribution in [0.3, 0.4) is 0 Å². The van der Waals surface area contributed by atoms with Gasteiger partial charge in [-0.3, -0.25) is 0 Å². The molecule has 4 rings (SSSR count). The van der Waals surface area contributed by atoms with Gasteiger partial charge in [0, 0.05) is 24.1 Å². The van der Waals surface area contributed by atoms with Gasteiger partial charge in [0.05, 0.1) is 50.2 Å². The van der Waals surface area contributed by atoms with Gasteiger partial charge >= 0.3 is 0 Å². The molecule has 0 saturated carbocycles. The molecule has 0 saturated heterocycles. The van der Waals surface area contributed by atoms with Crippen LogP contribution >= 0.6 is 11.8 Å². The van der Waals surface area contributed by atoms with E-state index in [0.717, 1.165) is 11.0 Å². The maximum Gasteiger partial charge on any atom is 0.213 e. The summed E-state index contributed by atoms with van der Waals surface area (Å²) in [5.41, 5.74) is 3.82. The smallest absolute Gasteiger partial charge is 0.213 e. The first kappa shape index (κ1) is 22.4. The number of hydrogen-bond donors (Lipinski definition) is 0. The maximum atomic E-state index is 2.38. The van der Waals surface area contributed by atoms with Gasteiger partial charge in [-0.15, -0.1) is 0 Å². The summed E-state index contributed by atoms with van der Waals surface area (Å²) in [5, 5.41) is 2.54. The molecule has 0 atom stereocenters. The van der Waals surface area contributed by atoms with Gasteiger partial charge in [0.15, 0.2) is 12.7 Å². The van der Waals surface area contributed by atoms with Gasteiger partial charge in [0.1, 0.15) is 0 Å². The number of allylic oxidation sites excluding steroid dienone is 4. The summed E-state index contributed by atoms with van der Waals surface area (Å²) in [7, 11) is 8.88. The molecule has 1 aliphatic rings. The Morgan fingerprint density at radius 3 is 2.53 bits per heavy atom. The molecule has 4 heteroatoms. The van der Waals surface area contributed by atoms with Crippen LogP contribution in [0.1, 0.15) is 12.0 Å². The van der Waals surface area contributed by atoms with Crippen molar-refractivity contribution in [2.75, 3.05) is 39.6 Å². The minimum atomic E-state index is 1.00. The van der Waals surface area contributed by atoms with Gasteiger partial charge in [-0.1, -0.05) is 60.3 Å². The zero-order valence-electron chi connectivity index (χ0n) is 19.5. The number of quaternary nitrogens is 1. The fourth-order valence-electron chi connectivity index (χ4n) is 3.99. The minimum absolute atomic E-state index is 1.00. The number of nitrogens with zero attached hydrogens (tertiary/aromatic N) is 3. The van der Waals surface area contributed by atoms with Crippen molar-refractivity contribution in [1.82, 2.24) is 0 Å². The van der Waals surface area contributed by atoms with Crippen LogP contribution in [0.15, 0.2) is 95.0 Å². The van der Waals surface area contributed by atoms with Crippen molar-refractivity contribution in [2.45, 2.75) is 17.9 Å². The van der Waals surface area contributed by atoms with E-state index >= 15 is 0 Å². The van der Waals surface area contributed by atoms with E-state index in [1.165, 1.54) is 45.0 Å². The normalized spacial score (nSPS) is 15.5. The number of benzene rings is 2. The number of aryl methyl sites for hydroxylation is 1. The van der Waals surface area contributed by atoms with Crippen molar-refractivity contribution in [3.05, 3.63) is 95.7 Å².